The zero-order valence-corrected chi connectivity index (χ0v) is 12.6. The van der Waals surface area contributed by atoms with E-state index in [1.807, 2.05) is 0 Å². The molecule has 1 aliphatic heterocycles. The summed E-state index contributed by atoms with van der Waals surface area (Å²) in [5.41, 5.74) is 13.2. The summed E-state index contributed by atoms with van der Waals surface area (Å²) in [6.07, 6.45) is 10.3. The van der Waals surface area contributed by atoms with Gasteiger partial charge in [-0.05, 0) is 25.0 Å². The van der Waals surface area contributed by atoms with Crippen LogP contribution in [0.5, 0.6) is 5.75 Å². The molecule has 0 aliphatic carbocycles. The first-order valence-electron chi connectivity index (χ1n) is 7.39. The van der Waals surface area contributed by atoms with Gasteiger partial charge in [0.05, 0.1) is 30.1 Å². The number of aromatic hydroxyl groups is 1. The molecule has 8 heteroatoms. The van der Waals surface area contributed by atoms with Crippen molar-refractivity contribution in [2.75, 3.05) is 13.1 Å². The molecule has 3 heterocycles. The molecule has 120 valence electrons. The number of nitrogens with two attached hydrogens (primary N) is 2. The monoisotopic (exact) mass is 313 g/mol. The van der Waals surface area contributed by atoms with Crippen LogP contribution in [0.1, 0.15) is 18.5 Å². The van der Waals surface area contributed by atoms with Gasteiger partial charge < -0.3 is 21.5 Å². The van der Waals surface area contributed by atoms with Crippen molar-refractivity contribution in [2.45, 2.75) is 12.8 Å². The summed E-state index contributed by atoms with van der Waals surface area (Å²) < 4.78 is 0. The normalized spacial score (nSPS) is 16.1. The zero-order valence-electron chi connectivity index (χ0n) is 12.6. The van der Waals surface area contributed by atoms with Crippen molar-refractivity contribution in [1.29, 1.82) is 0 Å². The van der Waals surface area contributed by atoms with Gasteiger partial charge in [0.1, 0.15) is 17.1 Å². The molecule has 8 nitrogen and oxygen atoms in total. The van der Waals surface area contributed by atoms with E-state index in [0.29, 0.717) is 22.9 Å². The van der Waals surface area contributed by atoms with Gasteiger partial charge in [-0.3, -0.25) is 0 Å². The lowest BCUT2D eigenvalue weighted by Crippen LogP contribution is -2.24. The third kappa shape index (κ3) is 3.25. The lowest BCUT2D eigenvalue weighted by atomic mass is 10.2. The number of nitrogens with zero attached hydrogens (tertiary/aromatic N) is 5. The molecule has 1 saturated heterocycles. The lowest BCUT2D eigenvalue weighted by Gasteiger charge is -2.16. The average molecular weight is 313 g/mol. The van der Waals surface area contributed by atoms with Crippen LogP contribution in [0.15, 0.2) is 42.6 Å². The molecule has 0 unspecified atom stereocenters. The molecular formula is C15H19N7O. The highest BCUT2D eigenvalue weighted by molar-refractivity contribution is 5.66. The average Bonchev–Trinajstić information content (AvgIpc) is 3.24. The molecule has 5 N–H and O–H groups in total. The molecule has 0 aromatic carbocycles. The molecule has 0 atom stereocenters. The highest BCUT2D eigenvalue weighted by Gasteiger charge is 2.12. The van der Waals surface area contributed by atoms with E-state index in [1.54, 1.807) is 30.7 Å². The summed E-state index contributed by atoms with van der Waals surface area (Å²) in [6.45, 7) is 1.93. The first-order valence-corrected chi connectivity index (χ1v) is 7.39. The highest BCUT2D eigenvalue weighted by atomic mass is 16.3. The number of rotatable bonds is 4. The summed E-state index contributed by atoms with van der Waals surface area (Å²) in [7, 11) is 0. The van der Waals surface area contributed by atoms with Crippen molar-refractivity contribution in [3.63, 3.8) is 0 Å². The van der Waals surface area contributed by atoms with Gasteiger partial charge in [0.15, 0.2) is 0 Å². The lowest BCUT2D eigenvalue weighted by molar-refractivity contribution is 0.422. The number of likely N-dealkylation sites (tertiary alicyclic amines) is 1. The van der Waals surface area contributed by atoms with Crippen molar-refractivity contribution in [2.24, 2.45) is 11.5 Å². The van der Waals surface area contributed by atoms with Crippen molar-refractivity contribution < 1.29 is 5.11 Å². The minimum absolute atomic E-state index is 0.0401. The summed E-state index contributed by atoms with van der Waals surface area (Å²) in [4.78, 5) is 7.65. The van der Waals surface area contributed by atoms with Crippen LogP contribution < -0.4 is 11.5 Å². The zero-order chi connectivity index (χ0) is 16.2. The Hall–Kier alpha value is -3.03. The van der Waals surface area contributed by atoms with Gasteiger partial charge in [-0.15, -0.1) is 4.80 Å². The summed E-state index contributed by atoms with van der Waals surface area (Å²) in [5.74, 6) is 0.629. The third-order valence-corrected chi connectivity index (χ3v) is 3.68. The van der Waals surface area contributed by atoms with Gasteiger partial charge in [-0.25, -0.2) is 4.98 Å². The van der Waals surface area contributed by atoms with Crippen molar-refractivity contribution >= 4 is 5.70 Å². The Labute approximate surface area is 133 Å². The van der Waals surface area contributed by atoms with Gasteiger partial charge in [0, 0.05) is 19.2 Å². The third-order valence-electron chi connectivity index (χ3n) is 3.68. The van der Waals surface area contributed by atoms with Crippen LogP contribution in [0.2, 0.25) is 0 Å². The standard InChI is InChI=1S/C15H19N7O/c16-12(3-4-14(17)21-7-1-2-8-21)15-13(23)9-11(10-18-15)22-19-5-6-20-22/h3-6,9-10,23H,1-2,7-8,16-17H2/b12-3-,14-4+. The minimum Gasteiger partial charge on any atom is -0.506 e. The second-order valence-corrected chi connectivity index (χ2v) is 5.29. The first kappa shape index (κ1) is 14.9. The second kappa shape index (κ2) is 6.39. The van der Waals surface area contributed by atoms with Gasteiger partial charge in [0.25, 0.3) is 0 Å². The second-order valence-electron chi connectivity index (χ2n) is 5.29. The highest BCUT2D eigenvalue weighted by Crippen LogP contribution is 2.22. The van der Waals surface area contributed by atoms with E-state index in [2.05, 4.69) is 20.1 Å². The Balaban J connectivity index is 1.80. The SMILES string of the molecule is N/C(=C\C=C(/N)N1CCCC1)c1ncc(-n2nccn2)cc1O. The summed E-state index contributed by atoms with van der Waals surface area (Å²) >= 11 is 0. The molecule has 0 radical (unpaired) electrons. The smallest absolute Gasteiger partial charge is 0.145 e. The number of hydrogen-bond acceptors (Lipinski definition) is 7. The Bertz CT molecular complexity index is 730. The minimum atomic E-state index is -0.0401. The molecular weight excluding hydrogens is 294 g/mol. The molecule has 23 heavy (non-hydrogen) atoms. The molecule has 0 spiro atoms. The Morgan fingerprint density at radius 2 is 1.83 bits per heavy atom. The van der Waals surface area contributed by atoms with Crippen LogP contribution in [0.3, 0.4) is 0 Å². The van der Waals surface area contributed by atoms with E-state index in [0.717, 1.165) is 25.9 Å². The fourth-order valence-corrected chi connectivity index (χ4v) is 2.46. The van der Waals surface area contributed by atoms with E-state index < -0.39 is 0 Å². The largest absolute Gasteiger partial charge is 0.506 e. The summed E-state index contributed by atoms with van der Waals surface area (Å²) in [5, 5.41) is 18.1. The maximum absolute atomic E-state index is 10.1. The topological polar surface area (TPSA) is 119 Å². The Morgan fingerprint density at radius 3 is 2.48 bits per heavy atom. The van der Waals surface area contributed by atoms with Crippen LogP contribution in [0, 0.1) is 0 Å². The number of pyridine rings is 1. The fraction of sp³-hybridized carbons (Fsp3) is 0.267. The Kier molecular flexibility index (Phi) is 4.13. The predicted octanol–water partition coefficient (Wildman–Crippen LogP) is 0.563. The van der Waals surface area contributed by atoms with E-state index in [1.165, 1.54) is 10.9 Å². The van der Waals surface area contributed by atoms with Crippen molar-refractivity contribution in [3.8, 4) is 11.4 Å². The molecule has 0 amide bonds. The fourth-order valence-electron chi connectivity index (χ4n) is 2.46. The van der Waals surface area contributed by atoms with E-state index in [9.17, 15) is 5.11 Å². The van der Waals surface area contributed by atoms with Gasteiger partial charge in [-0.2, -0.15) is 10.2 Å². The maximum atomic E-state index is 10.1. The van der Waals surface area contributed by atoms with Crippen LogP contribution >= 0.6 is 0 Å². The maximum Gasteiger partial charge on any atom is 0.145 e. The molecule has 0 saturated carbocycles. The van der Waals surface area contributed by atoms with Crippen LogP contribution in [0.4, 0.5) is 0 Å². The van der Waals surface area contributed by atoms with Crippen molar-refractivity contribution in [1.82, 2.24) is 24.9 Å². The van der Waals surface area contributed by atoms with E-state index >= 15 is 0 Å². The van der Waals surface area contributed by atoms with Crippen molar-refractivity contribution in [3.05, 3.63) is 48.3 Å². The molecule has 1 aliphatic rings. The molecule has 2 aromatic rings. The van der Waals surface area contributed by atoms with Gasteiger partial charge >= 0.3 is 0 Å². The quantitative estimate of drug-likeness (QED) is 0.706. The molecule has 1 fully saturated rings. The van der Waals surface area contributed by atoms with Crippen LogP contribution in [0.25, 0.3) is 11.4 Å². The van der Waals surface area contributed by atoms with Gasteiger partial charge in [0.2, 0.25) is 0 Å². The van der Waals surface area contributed by atoms with E-state index in [-0.39, 0.29) is 5.75 Å². The molecule has 0 bridgehead atoms. The number of aromatic nitrogens is 4. The predicted molar refractivity (Wildman–Crippen MR) is 86.1 cm³/mol. The number of hydrogen-bond donors (Lipinski definition) is 3. The number of allylic oxidation sites excluding steroid dienone is 2. The Morgan fingerprint density at radius 1 is 1.13 bits per heavy atom. The van der Waals surface area contributed by atoms with E-state index in [4.69, 9.17) is 11.5 Å². The molecule has 3 rings (SSSR count). The summed E-state index contributed by atoms with van der Waals surface area (Å²) in [6, 6.07) is 1.51. The van der Waals surface area contributed by atoms with Crippen LogP contribution in [-0.4, -0.2) is 43.1 Å². The first-order chi connectivity index (χ1) is 11.1. The van der Waals surface area contributed by atoms with Crippen LogP contribution in [-0.2, 0) is 0 Å². The van der Waals surface area contributed by atoms with Gasteiger partial charge in [-0.1, -0.05) is 0 Å². The molecule has 2 aromatic heterocycles.